The fourth-order valence-corrected chi connectivity index (χ4v) is 1.79. The van der Waals surface area contributed by atoms with Crippen LogP contribution < -0.4 is 5.43 Å². The number of hydrogen-bond donors (Lipinski definition) is 2. The van der Waals surface area contributed by atoms with Crippen molar-refractivity contribution < 1.29 is 14.8 Å². The highest BCUT2D eigenvalue weighted by Gasteiger charge is 2.15. The second kappa shape index (κ2) is 7.12. The maximum absolute atomic E-state index is 11.8. The number of carbonyl (C=O) groups is 1. The fourth-order valence-electron chi connectivity index (χ4n) is 1.79. The Morgan fingerprint density at radius 1 is 1.43 bits per heavy atom. The smallest absolute Gasteiger partial charge is 0.311 e. The molecule has 1 amide bonds. The molecule has 0 bridgehead atoms. The Bertz CT molecular complexity index is 757. The van der Waals surface area contributed by atoms with Crippen molar-refractivity contribution >= 4 is 17.8 Å². The third-order valence-electron chi connectivity index (χ3n) is 3.08. The molecule has 0 spiro atoms. The Morgan fingerprint density at radius 3 is 2.83 bits per heavy atom. The van der Waals surface area contributed by atoms with Crippen molar-refractivity contribution in [2.75, 3.05) is 0 Å². The Kier molecular flexibility index (Phi) is 4.98. The van der Waals surface area contributed by atoms with Crippen LogP contribution in [-0.2, 0) is 6.42 Å². The summed E-state index contributed by atoms with van der Waals surface area (Å²) >= 11 is 0. The van der Waals surface area contributed by atoms with E-state index in [0.29, 0.717) is 0 Å². The van der Waals surface area contributed by atoms with Gasteiger partial charge >= 0.3 is 5.69 Å². The molecule has 0 aliphatic carbocycles. The third kappa shape index (κ3) is 3.88. The lowest BCUT2D eigenvalue weighted by Crippen LogP contribution is -2.19. The van der Waals surface area contributed by atoms with Crippen molar-refractivity contribution in [1.29, 1.82) is 0 Å². The van der Waals surface area contributed by atoms with Gasteiger partial charge in [0.05, 0.1) is 11.1 Å². The maximum atomic E-state index is 11.8. The van der Waals surface area contributed by atoms with Crippen molar-refractivity contribution in [2.45, 2.75) is 13.3 Å². The lowest BCUT2D eigenvalue weighted by molar-refractivity contribution is -0.385. The molecule has 0 saturated carbocycles. The van der Waals surface area contributed by atoms with E-state index in [9.17, 15) is 20.0 Å². The highest BCUT2D eigenvalue weighted by molar-refractivity contribution is 5.93. The monoisotopic (exact) mass is 314 g/mol. The molecule has 1 aromatic carbocycles. The molecule has 0 aliphatic heterocycles. The molecule has 1 aromatic heterocycles. The number of hydrazone groups is 1. The minimum Gasteiger partial charge on any atom is -0.502 e. The molecule has 23 heavy (non-hydrogen) atoms. The standard InChI is InChI=1S/C15H14N4O4/c1-2-10-6-7-12(16-8-10)15(21)18-17-9-11-4-3-5-13(14(11)20)19(22)23/h3-9,20H,2H2,1H3,(H,18,21). The zero-order valence-electron chi connectivity index (χ0n) is 12.3. The van der Waals surface area contributed by atoms with Crippen LogP contribution >= 0.6 is 0 Å². The Hall–Kier alpha value is -3.29. The van der Waals surface area contributed by atoms with Crippen LogP contribution in [0.5, 0.6) is 5.75 Å². The molecule has 2 rings (SSSR count). The number of aromatic hydroxyl groups is 1. The van der Waals surface area contributed by atoms with Gasteiger partial charge in [0.1, 0.15) is 5.69 Å². The largest absolute Gasteiger partial charge is 0.502 e. The van der Waals surface area contributed by atoms with Gasteiger partial charge in [-0.15, -0.1) is 0 Å². The van der Waals surface area contributed by atoms with E-state index in [-0.39, 0.29) is 11.3 Å². The summed E-state index contributed by atoms with van der Waals surface area (Å²) in [6.45, 7) is 1.98. The number of benzene rings is 1. The Labute approximate surface area is 131 Å². The number of aromatic nitrogens is 1. The topological polar surface area (TPSA) is 118 Å². The number of nitrogens with one attached hydrogen (secondary N) is 1. The number of nitrogens with zero attached hydrogens (tertiary/aromatic N) is 3. The minimum absolute atomic E-state index is 0.119. The van der Waals surface area contributed by atoms with Gasteiger partial charge in [-0.25, -0.2) is 5.43 Å². The lowest BCUT2D eigenvalue weighted by Gasteiger charge is -2.01. The molecule has 0 atom stereocenters. The van der Waals surface area contributed by atoms with Gasteiger partial charge < -0.3 is 5.11 Å². The molecule has 118 valence electrons. The number of amides is 1. The summed E-state index contributed by atoms with van der Waals surface area (Å²) in [6.07, 6.45) is 3.55. The minimum atomic E-state index is -0.704. The van der Waals surface area contributed by atoms with Crippen LogP contribution in [0.2, 0.25) is 0 Å². The summed E-state index contributed by atoms with van der Waals surface area (Å²) in [4.78, 5) is 25.9. The van der Waals surface area contributed by atoms with Crippen molar-refractivity contribution in [3.05, 3.63) is 63.5 Å². The van der Waals surface area contributed by atoms with Crippen LogP contribution in [0.3, 0.4) is 0 Å². The second-order valence-electron chi connectivity index (χ2n) is 4.58. The van der Waals surface area contributed by atoms with E-state index in [4.69, 9.17) is 0 Å². The summed E-state index contributed by atoms with van der Waals surface area (Å²) in [7, 11) is 0. The van der Waals surface area contributed by atoms with Gasteiger partial charge in [-0.2, -0.15) is 5.10 Å². The molecule has 0 aliphatic rings. The zero-order chi connectivity index (χ0) is 16.8. The number of carbonyl (C=O) groups excluding carboxylic acids is 1. The van der Waals surface area contributed by atoms with E-state index in [1.54, 1.807) is 18.3 Å². The molecule has 0 fully saturated rings. The summed E-state index contributed by atoms with van der Waals surface area (Å²) in [5.41, 5.74) is 3.14. The number of aryl methyl sites for hydroxylation is 1. The van der Waals surface area contributed by atoms with Crippen molar-refractivity contribution in [1.82, 2.24) is 10.4 Å². The number of phenols is 1. The van der Waals surface area contributed by atoms with E-state index in [2.05, 4.69) is 15.5 Å². The molecule has 8 nitrogen and oxygen atoms in total. The van der Waals surface area contributed by atoms with Crippen LogP contribution in [0.15, 0.2) is 41.6 Å². The molecule has 1 heterocycles. The van der Waals surface area contributed by atoms with E-state index < -0.39 is 22.3 Å². The van der Waals surface area contributed by atoms with Gasteiger partial charge in [-0.3, -0.25) is 19.9 Å². The first kappa shape index (κ1) is 16.1. The quantitative estimate of drug-likeness (QED) is 0.497. The van der Waals surface area contributed by atoms with Crippen LogP contribution in [0.4, 0.5) is 5.69 Å². The Balaban J connectivity index is 2.08. The Morgan fingerprint density at radius 2 is 2.22 bits per heavy atom. The van der Waals surface area contributed by atoms with E-state index in [1.165, 1.54) is 18.2 Å². The number of pyridine rings is 1. The van der Waals surface area contributed by atoms with Crippen molar-refractivity contribution in [2.24, 2.45) is 5.10 Å². The molecule has 0 radical (unpaired) electrons. The van der Waals surface area contributed by atoms with Crippen LogP contribution in [0.25, 0.3) is 0 Å². The molecule has 2 aromatic rings. The lowest BCUT2D eigenvalue weighted by atomic mass is 10.2. The summed E-state index contributed by atoms with van der Waals surface area (Å²) in [5, 5.41) is 24.1. The average molecular weight is 314 g/mol. The first-order valence-corrected chi connectivity index (χ1v) is 6.77. The highest BCUT2D eigenvalue weighted by Crippen LogP contribution is 2.27. The molecule has 0 unspecified atom stereocenters. The van der Waals surface area contributed by atoms with E-state index >= 15 is 0 Å². The third-order valence-corrected chi connectivity index (χ3v) is 3.08. The van der Waals surface area contributed by atoms with E-state index in [1.807, 2.05) is 6.92 Å². The summed E-state index contributed by atoms with van der Waals surface area (Å²) in [5.74, 6) is -1.03. The van der Waals surface area contributed by atoms with Crippen LogP contribution in [-0.4, -0.2) is 27.1 Å². The average Bonchev–Trinajstić information content (AvgIpc) is 2.56. The maximum Gasteiger partial charge on any atom is 0.311 e. The van der Waals surface area contributed by atoms with E-state index in [0.717, 1.165) is 18.2 Å². The molecular formula is C15H14N4O4. The van der Waals surface area contributed by atoms with Gasteiger partial charge in [-0.1, -0.05) is 19.1 Å². The number of nitro groups is 1. The zero-order valence-corrected chi connectivity index (χ0v) is 12.3. The number of para-hydroxylation sites is 1. The van der Waals surface area contributed by atoms with Gasteiger partial charge in [0.2, 0.25) is 5.75 Å². The normalized spacial score (nSPS) is 10.7. The fraction of sp³-hybridized carbons (Fsp3) is 0.133. The van der Waals surface area contributed by atoms with Gasteiger partial charge in [0.15, 0.2) is 0 Å². The van der Waals surface area contributed by atoms with Crippen LogP contribution in [0.1, 0.15) is 28.5 Å². The molecular weight excluding hydrogens is 300 g/mol. The summed E-state index contributed by atoms with van der Waals surface area (Å²) in [6, 6.07) is 7.38. The molecule has 8 heteroatoms. The number of hydrogen-bond acceptors (Lipinski definition) is 6. The van der Waals surface area contributed by atoms with Crippen molar-refractivity contribution in [3.8, 4) is 5.75 Å². The number of nitro benzene ring substituents is 1. The predicted molar refractivity (Wildman–Crippen MR) is 83.4 cm³/mol. The molecule has 2 N–H and O–H groups in total. The second-order valence-corrected chi connectivity index (χ2v) is 4.58. The first-order valence-electron chi connectivity index (χ1n) is 6.77. The van der Waals surface area contributed by atoms with Crippen LogP contribution in [0, 0.1) is 10.1 Å². The molecule has 0 saturated heterocycles. The van der Waals surface area contributed by atoms with Gasteiger partial charge in [-0.05, 0) is 24.1 Å². The first-order chi connectivity index (χ1) is 11.0. The number of rotatable bonds is 5. The highest BCUT2D eigenvalue weighted by atomic mass is 16.6. The number of phenolic OH excluding ortho intramolecular Hbond substituents is 1. The summed E-state index contributed by atoms with van der Waals surface area (Å²) < 4.78 is 0. The SMILES string of the molecule is CCc1ccc(C(=O)NN=Cc2cccc([N+](=O)[O-])c2O)nc1. The predicted octanol–water partition coefficient (Wildman–Crippen LogP) is 2.02. The van der Waals surface area contributed by atoms with Crippen molar-refractivity contribution in [3.63, 3.8) is 0 Å². The van der Waals surface area contributed by atoms with Gasteiger partial charge in [0.25, 0.3) is 5.91 Å². The van der Waals surface area contributed by atoms with Gasteiger partial charge in [0, 0.05) is 17.8 Å².